The van der Waals surface area contributed by atoms with E-state index in [1.54, 1.807) is 12.3 Å². The number of fused-ring (bicyclic) bond motifs is 1. The van der Waals surface area contributed by atoms with Crippen molar-refractivity contribution < 1.29 is 18.6 Å². The predicted molar refractivity (Wildman–Crippen MR) is 89.5 cm³/mol. The second-order valence-electron chi connectivity index (χ2n) is 5.27. The molecule has 0 aliphatic carbocycles. The van der Waals surface area contributed by atoms with Gasteiger partial charge in [0.05, 0.1) is 5.56 Å². The number of nitrogens with one attached hydrogen (secondary N) is 2. The van der Waals surface area contributed by atoms with E-state index in [2.05, 4.69) is 10.9 Å². The first-order chi connectivity index (χ1) is 11.9. The van der Waals surface area contributed by atoms with Crippen molar-refractivity contribution in [3.8, 4) is 23.8 Å². The van der Waals surface area contributed by atoms with E-state index >= 15 is 0 Å². The van der Waals surface area contributed by atoms with Gasteiger partial charge in [0.15, 0.2) is 11.6 Å². The fraction of sp³-hybridized carbons (Fsp3) is 0.0556. The molecule has 1 unspecified atom stereocenters. The Balaban J connectivity index is 2.16. The minimum Gasteiger partial charge on any atom is -0.454 e. The van der Waals surface area contributed by atoms with Crippen molar-refractivity contribution in [1.82, 2.24) is 4.98 Å². The van der Waals surface area contributed by atoms with Crippen LogP contribution >= 0.6 is 0 Å². The summed E-state index contributed by atoms with van der Waals surface area (Å²) in [5, 5.41) is 18.0. The highest BCUT2D eigenvalue weighted by atomic mass is 19.1. The van der Waals surface area contributed by atoms with Crippen LogP contribution in [0.2, 0.25) is 0 Å². The lowest BCUT2D eigenvalue weighted by Gasteiger charge is -2.15. The maximum Gasteiger partial charge on any atom is 0.170 e. The molecule has 7 heteroatoms. The normalized spacial score (nSPS) is 11.9. The summed E-state index contributed by atoms with van der Waals surface area (Å²) in [6, 6.07) is 6.31. The molecule has 0 aliphatic rings. The lowest BCUT2D eigenvalue weighted by Crippen LogP contribution is -2.13. The number of aliphatic hydroxyl groups is 1. The zero-order valence-corrected chi connectivity index (χ0v) is 12.8. The van der Waals surface area contributed by atoms with E-state index in [-0.39, 0.29) is 22.6 Å². The van der Waals surface area contributed by atoms with Crippen LogP contribution in [0.1, 0.15) is 17.2 Å². The lowest BCUT2D eigenvalue weighted by molar-refractivity contribution is 0.234. The van der Waals surface area contributed by atoms with Crippen LogP contribution in [0, 0.1) is 29.4 Å². The van der Waals surface area contributed by atoms with Gasteiger partial charge in [0.2, 0.25) is 0 Å². The fourth-order valence-electron chi connectivity index (χ4n) is 2.53. The zero-order chi connectivity index (χ0) is 18.1. The van der Waals surface area contributed by atoms with Crippen molar-refractivity contribution in [3.63, 3.8) is 0 Å². The standard InChI is InChI=1S/C18H13F2N3O2/c1-2-15(24)16-10-5-6-23-14(10)8-13(20)17(16)25-9-3-4-12(19)11(7-9)18(21)22/h1,3-8,15,23-24H,(H3,21,22). The molecule has 0 aliphatic heterocycles. The van der Waals surface area contributed by atoms with Crippen molar-refractivity contribution in [2.45, 2.75) is 6.10 Å². The van der Waals surface area contributed by atoms with E-state index in [0.29, 0.717) is 10.9 Å². The molecule has 0 saturated heterocycles. The Kier molecular flexibility index (Phi) is 4.13. The molecule has 0 radical (unpaired) electrons. The van der Waals surface area contributed by atoms with Crippen LogP contribution in [0.5, 0.6) is 11.5 Å². The van der Waals surface area contributed by atoms with Crippen molar-refractivity contribution in [2.75, 3.05) is 0 Å². The monoisotopic (exact) mass is 341 g/mol. The number of nitrogens with two attached hydrogens (primary N) is 1. The highest BCUT2D eigenvalue weighted by Gasteiger charge is 2.22. The summed E-state index contributed by atoms with van der Waals surface area (Å²) >= 11 is 0. The number of hydrogen-bond acceptors (Lipinski definition) is 3. The third-order valence-electron chi connectivity index (χ3n) is 3.68. The Morgan fingerprint density at radius 3 is 2.72 bits per heavy atom. The molecule has 3 rings (SSSR count). The first kappa shape index (κ1) is 16.5. The van der Waals surface area contributed by atoms with Gasteiger partial charge in [-0.25, -0.2) is 8.78 Å². The molecule has 0 bridgehead atoms. The Labute approximate surface area is 141 Å². The second-order valence-corrected chi connectivity index (χ2v) is 5.27. The largest absolute Gasteiger partial charge is 0.454 e. The van der Waals surface area contributed by atoms with Crippen LogP contribution in [-0.2, 0) is 0 Å². The van der Waals surface area contributed by atoms with Crippen LogP contribution in [0.15, 0.2) is 36.5 Å². The van der Waals surface area contributed by atoms with Crippen molar-refractivity contribution >= 4 is 16.7 Å². The maximum atomic E-state index is 14.5. The van der Waals surface area contributed by atoms with E-state index < -0.39 is 23.6 Å². The van der Waals surface area contributed by atoms with Gasteiger partial charge in [-0.2, -0.15) is 0 Å². The van der Waals surface area contributed by atoms with Gasteiger partial charge in [-0.3, -0.25) is 5.41 Å². The first-order valence-electron chi connectivity index (χ1n) is 7.18. The zero-order valence-electron chi connectivity index (χ0n) is 12.8. The van der Waals surface area contributed by atoms with Crippen LogP contribution < -0.4 is 10.5 Å². The highest BCUT2D eigenvalue weighted by Crippen LogP contribution is 2.38. The van der Waals surface area contributed by atoms with E-state index in [0.717, 1.165) is 6.07 Å². The average Bonchev–Trinajstić information content (AvgIpc) is 3.03. The Hall–Kier alpha value is -3.37. The molecule has 0 spiro atoms. The van der Waals surface area contributed by atoms with Gasteiger partial charge in [0.25, 0.3) is 0 Å². The maximum absolute atomic E-state index is 14.5. The SMILES string of the molecule is C#CC(O)c1c(Oc2ccc(F)c(C(=N)N)c2)c(F)cc2[nH]ccc12. The number of aliphatic hydroxyl groups excluding tert-OH is 1. The molecule has 1 heterocycles. The van der Waals surface area contributed by atoms with Crippen LogP contribution in [0.4, 0.5) is 8.78 Å². The molecule has 3 aromatic rings. The molecular formula is C18H13F2N3O2. The van der Waals surface area contributed by atoms with Gasteiger partial charge in [-0.1, -0.05) is 5.92 Å². The smallest absolute Gasteiger partial charge is 0.170 e. The summed E-state index contributed by atoms with van der Waals surface area (Å²) in [4.78, 5) is 2.83. The third-order valence-corrected chi connectivity index (χ3v) is 3.68. The number of terminal acetylenes is 1. The van der Waals surface area contributed by atoms with E-state index in [1.165, 1.54) is 18.2 Å². The summed E-state index contributed by atoms with van der Waals surface area (Å²) in [5.74, 6) is -0.0480. The quantitative estimate of drug-likeness (QED) is 0.333. The summed E-state index contributed by atoms with van der Waals surface area (Å²) in [7, 11) is 0. The van der Waals surface area contributed by atoms with Gasteiger partial charge in [0.1, 0.15) is 23.5 Å². The summed E-state index contributed by atoms with van der Waals surface area (Å²) in [6.45, 7) is 0. The molecule has 126 valence electrons. The van der Waals surface area contributed by atoms with Gasteiger partial charge < -0.3 is 20.6 Å². The van der Waals surface area contributed by atoms with Gasteiger partial charge >= 0.3 is 0 Å². The molecule has 25 heavy (non-hydrogen) atoms. The molecule has 2 aromatic carbocycles. The molecular weight excluding hydrogens is 328 g/mol. The number of amidine groups is 1. The molecule has 0 fully saturated rings. The Morgan fingerprint density at radius 2 is 2.04 bits per heavy atom. The van der Waals surface area contributed by atoms with Crippen molar-refractivity contribution in [2.24, 2.45) is 5.73 Å². The van der Waals surface area contributed by atoms with Crippen LogP contribution in [0.25, 0.3) is 10.9 Å². The molecule has 0 saturated carbocycles. The number of rotatable bonds is 4. The number of aromatic amines is 1. The first-order valence-corrected chi connectivity index (χ1v) is 7.18. The lowest BCUT2D eigenvalue weighted by atomic mass is 10.0. The van der Waals surface area contributed by atoms with Crippen molar-refractivity contribution in [1.29, 1.82) is 5.41 Å². The van der Waals surface area contributed by atoms with Crippen LogP contribution in [-0.4, -0.2) is 15.9 Å². The van der Waals surface area contributed by atoms with E-state index in [9.17, 15) is 13.9 Å². The van der Waals surface area contributed by atoms with Gasteiger partial charge in [-0.15, -0.1) is 6.42 Å². The van der Waals surface area contributed by atoms with Gasteiger partial charge in [-0.05, 0) is 24.3 Å². The molecule has 1 atom stereocenters. The number of H-pyrrole nitrogens is 1. The summed E-state index contributed by atoms with van der Waals surface area (Å²) in [5.41, 5.74) is 5.65. The number of halogens is 2. The minimum absolute atomic E-state index is 0.0471. The predicted octanol–water partition coefficient (Wildman–Crippen LogP) is 3.19. The second kappa shape index (κ2) is 6.26. The summed E-state index contributed by atoms with van der Waals surface area (Å²) < 4.78 is 33.7. The molecule has 1 aromatic heterocycles. The summed E-state index contributed by atoms with van der Waals surface area (Å²) in [6.07, 6.45) is 5.45. The molecule has 5 nitrogen and oxygen atoms in total. The van der Waals surface area contributed by atoms with Crippen molar-refractivity contribution in [3.05, 3.63) is 59.3 Å². The number of nitrogen functional groups attached to an aromatic ring is 1. The number of benzene rings is 2. The minimum atomic E-state index is -1.41. The number of hydrogen-bond donors (Lipinski definition) is 4. The highest BCUT2D eigenvalue weighted by molar-refractivity contribution is 5.95. The van der Waals surface area contributed by atoms with Crippen LogP contribution in [0.3, 0.4) is 0 Å². The number of aromatic nitrogens is 1. The molecule has 0 amide bonds. The third kappa shape index (κ3) is 2.91. The van der Waals surface area contributed by atoms with Gasteiger partial charge in [0, 0.05) is 28.7 Å². The topological polar surface area (TPSA) is 95.1 Å². The average molecular weight is 341 g/mol. The van der Waals surface area contributed by atoms with E-state index in [4.69, 9.17) is 22.3 Å². The Morgan fingerprint density at radius 1 is 1.28 bits per heavy atom. The fourth-order valence-corrected chi connectivity index (χ4v) is 2.53. The number of ether oxygens (including phenoxy) is 1. The van der Waals surface area contributed by atoms with E-state index in [1.807, 2.05) is 0 Å². The Bertz CT molecular complexity index is 1020. The molecule has 5 N–H and O–H groups in total.